The smallest absolute Gasteiger partial charge is 0.340 e. The molecule has 1 heterocycles. The third-order valence-corrected chi connectivity index (χ3v) is 3.27. The van der Waals surface area contributed by atoms with E-state index in [-0.39, 0.29) is 5.97 Å². The van der Waals surface area contributed by atoms with Crippen molar-refractivity contribution in [3.8, 4) is 5.75 Å². The first-order valence-electron chi connectivity index (χ1n) is 5.02. The fourth-order valence-corrected chi connectivity index (χ4v) is 2.36. The van der Waals surface area contributed by atoms with Crippen LogP contribution in [0.5, 0.6) is 5.75 Å². The van der Waals surface area contributed by atoms with Crippen LogP contribution in [0.25, 0.3) is 10.9 Å². The van der Waals surface area contributed by atoms with Gasteiger partial charge in [0.15, 0.2) is 0 Å². The van der Waals surface area contributed by atoms with Crippen molar-refractivity contribution < 1.29 is 14.3 Å². The number of aryl methyl sites for hydroxylation is 1. The molecule has 2 rings (SSSR count). The number of hydrogen-bond acceptors (Lipinski definition) is 3. The molecular weight excluding hydrogens is 286 g/mol. The minimum absolute atomic E-state index is 0.342. The summed E-state index contributed by atoms with van der Waals surface area (Å²) in [6, 6.07) is 3.70. The Balaban J connectivity index is 2.74. The lowest BCUT2D eigenvalue weighted by Gasteiger charge is -2.03. The van der Waals surface area contributed by atoms with E-state index in [4.69, 9.17) is 9.47 Å². The SMILES string of the molecule is COC(=O)c1c(C)[nH]c2cc(OC)c(Br)cc12. The summed E-state index contributed by atoms with van der Waals surface area (Å²) in [5, 5.41) is 0.821. The number of benzene rings is 1. The molecule has 0 bridgehead atoms. The summed E-state index contributed by atoms with van der Waals surface area (Å²) in [5.74, 6) is 0.376. The van der Waals surface area contributed by atoms with Crippen LogP contribution in [0.15, 0.2) is 16.6 Å². The van der Waals surface area contributed by atoms with Crippen molar-refractivity contribution in [1.29, 1.82) is 0 Å². The highest BCUT2D eigenvalue weighted by atomic mass is 79.9. The van der Waals surface area contributed by atoms with Crippen LogP contribution in [0, 0.1) is 6.92 Å². The van der Waals surface area contributed by atoms with Gasteiger partial charge >= 0.3 is 5.97 Å². The zero-order chi connectivity index (χ0) is 12.6. The van der Waals surface area contributed by atoms with E-state index in [1.165, 1.54) is 7.11 Å². The predicted molar refractivity (Wildman–Crippen MR) is 68.6 cm³/mol. The van der Waals surface area contributed by atoms with Crippen molar-refractivity contribution in [3.05, 3.63) is 27.9 Å². The number of carbonyl (C=O) groups excluding carboxylic acids is 1. The molecular formula is C12H12BrNO3. The summed E-state index contributed by atoms with van der Waals surface area (Å²) in [5.41, 5.74) is 2.20. The average molecular weight is 298 g/mol. The Labute approximate surface area is 107 Å². The Kier molecular flexibility index (Phi) is 3.11. The molecule has 17 heavy (non-hydrogen) atoms. The zero-order valence-corrected chi connectivity index (χ0v) is 11.3. The van der Waals surface area contributed by atoms with Gasteiger partial charge in [-0.3, -0.25) is 0 Å². The minimum atomic E-state index is -0.342. The summed E-state index contributed by atoms with van der Waals surface area (Å²) in [6.07, 6.45) is 0. The molecule has 0 aliphatic carbocycles. The number of rotatable bonds is 2. The topological polar surface area (TPSA) is 51.3 Å². The number of hydrogen-bond donors (Lipinski definition) is 1. The van der Waals surface area contributed by atoms with Gasteiger partial charge in [-0.2, -0.15) is 0 Å². The van der Waals surface area contributed by atoms with Crippen LogP contribution in [0.1, 0.15) is 16.1 Å². The Bertz CT molecular complexity index is 589. The molecule has 90 valence electrons. The molecule has 2 aromatic rings. The van der Waals surface area contributed by atoms with E-state index < -0.39 is 0 Å². The van der Waals surface area contributed by atoms with Crippen LogP contribution in [-0.4, -0.2) is 25.2 Å². The molecule has 1 aromatic carbocycles. The van der Waals surface area contributed by atoms with Crippen LogP contribution < -0.4 is 4.74 Å². The molecule has 0 spiro atoms. The molecule has 0 atom stereocenters. The molecule has 0 unspecified atom stereocenters. The Morgan fingerprint density at radius 1 is 1.35 bits per heavy atom. The second kappa shape index (κ2) is 4.41. The van der Waals surface area contributed by atoms with Gasteiger partial charge in [-0.05, 0) is 28.9 Å². The first-order chi connectivity index (χ1) is 8.08. The zero-order valence-electron chi connectivity index (χ0n) is 9.76. The summed E-state index contributed by atoms with van der Waals surface area (Å²) in [4.78, 5) is 14.8. The lowest BCUT2D eigenvalue weighted by atomic mass is 10.1. The van der Waals surface area contributed by atoms with Gasteiger partial charge in [0.1, 0.15) is 5.75 Å². The van der Waals surface area contributed by atoms with E-state index in [1.807, 2.05) is 19.1 Å². The number of aromatic amines is 1. The maximum Gasteiger partial charge on any atom is 0.340 e. The largest absolute Gasteiger partial charge is 0.495 e. The maximum absolute atomic E-state index is 11.7. The molecule has 5 heteroatoms. The third kappa shape index (κ3) is 1.91. The molecule has 0 amide bonds. The number of esters is 1. The molecule has 0 saturated heterocycles. The van der Waals surface area contributed by atoms with Crippen LogP contribution in [0.4, 0.5) is 0 Å². The molecule has 0 saturated carbocycles. The van der Waals surface area contributed by atoms with Gasteiger partial charge in [0.2, 0.25) is 0 Å². The Hall–Kier alpha value is -1.49. The van der Waals surface area contributed by atoms with Gasteiger partial charge in [-0.15, -0.1) is 0 Å². The van der Waals surface area contributed by atoms with Crippen molar-refractivity contribution in [3.63, 3.8) is 0 Å². The molecule has 1 N–H and O–H groups in total. The van der Waals surface area contributed by atoms with Crippen molar-refractivity contribution in [2.45, 2.75) is 6.92 Å². The number of methoxy groups -OCH3 is 2. The highest BCUT2D eigenvalue weighted by Crippen LogP contribution is 2.33. The summed E-state index contributed by atoms with van der Waals surface area (Å²) in [7, 11) is 2.97. The fourth-order valence-electron chi connectivity index (χ4n) is 1.85. The predicted octanol–water partition coefficient (Wildman–Crippen LogP) is 3.03. The molecule has 0 fully saturated rings. The lowest BCUT2D eigenvalue weighted by molar-refractivity contribution is 0.0602. The van der Waals surface area contributed by atoms with E-state index in [0.717, 1.165) is 26.8 Å². The summed E-state index contributed by atoms with van der Waals surface area (Å²) < 4.78 is 10.8. The second-order valence-corrected chi connectivity index (χ2v) is 4.50. The normalized spacial score (nSPS) is 10.6. The van der Waals surface area contributed by atoms with Crippen LogP contribution in [0.2, 0.25) is 0 Å². The van der Waals surface area contributed by atoms with Gasteiger partial charge in [0.05, 0.1) is 29.8 Å². The minimum Gasteiger partial charge on any atom is -0.495 e. The highest BCUT2D eigenvalue weighted by Gasteiger charge is 2.18. The maximum atomic E-state index is 11.7. The molecule has 0 aliphatic heterocycles. The van der Waals surface area contributed by atoms with Crippen molar-refractivity contribution >= 4 is 32.8 Å². The fraction of sp³-hybridized carbons (Fsp3) is 0.250. The van der Waals surface area contributed by atoms with E-state index in [2.05, 4.69) is 20.9 Å². The third-order valence-electron chi connectivity index (χ3n) is 2.65. The monoisotopic (exact) mass is 297 g/mol. The molecule has 1 aromatic heterocycles. The van der Waals surface area contributed by atoms with Gasteiger partial charge < -0.3 is 14.5 Å². The Morgan fingerprint density at radius 2 is 2.06 bits per heavy atom. The van der Waals surface area contributed by atoms with E-state index in [9.17, 15) is 4.79 Å². The average Bonchev–Trinajstić information content (AvgIpc) is 2.62. The highest BCUT2D eigenvalue weighted by molar-refractivity contribution is 9.10. The first-order valence-corrected chi connectivity index (χ1v) is 5.82. The van der Waals surface area contributed by atoms with Crippen molar-refractivity contribution in [2.24, 2.45) is 0 Å². The molecule has 0 aliphatic rings. The van der Waals surface area contributed by atoms with Gasteiger partial charge in [-0.1, -0.05) is 0 Å². The standard InChI is InChI=1S/C12H12BrNO3/c1-6-11(12(15)17-3)7-4-8(13)10(16-2)5-9(7)14-6/h4-5,14H,1-3H3. The lowest BCUT2D eigenvalue weighted by Crippen LogP contribution is -2.02. The molecule has 0 radical (unpaired) electrons. The van der Waals surface area contributed by atoms with Gasteiger partial charge in [-0.25, -0.2) is 4.79 Å². The number of H-pyrrole nitrogens is 1. The van der Waals surface area contributed by atoms with Gasteiger partial charge in [0, 0.05) is 17.1 Å². The quantitative estimate of drug-likeness (QED) is 0.867. The van der Waals surface area contributed by atoms with Crippen LogP contribution in [-0.2, 0) is 4.74 Å². The number of halogens is 1. The first kappa shape index (κ1) is 12.0. The Morgan fingerprint density at radius 3 is 2.65 bits per heavy atom. The van der Waals surface area contributed by atoms with E-state index in [1.54, 1.807) is 7.11 Å². The summed E-state index contributed by atoms with van der Waals surface area (Å²) >= 11 is 3.40. The summed E-state index contributed by atoms with van der Waals surface area (Å²) in [6.45, 7) is 1.84. The molecule has 4 nitrogen and oxygen atoms in total. The number of ether oxygens (including phenoxy) is 2. The van der Waals surface area contributed by atoms with Crippen LogP contribution in [0.3, 0.4) is 0 Å². The van der Waals surface area contributed by atoms with Crippen LogP contribution >= 0.6 is 15.9 Å². The number of nitrogens with one attached hydrogen (secondary N) is 1. The number of aromatic nitrogens is 1. The second-order valence-electron chi connectivity index (χ2n) is 3.65. The van der Waals surface area contributed by atoms with E-state index in [0.29, 0.717) is 5.56 Å². The van der Waals surface area contributed by atoms with E-state index >= 15 is 0 Å². The van der Waals surface area contributed by atoms with Gasteiger partial charge in [0.25, 0.3) is 0 Å². The number of carbonyl (C=O) groups is 1. The van der Waals surface area contributed by atoms with Crippen molar-refractivity contribution in [2.75, 3.05) is 14.2 Å². The number of fused-ring (bicyclic) bond motifs is 1. The van der Waals surface area contributed by atoms with Crippen molar-refractivity contribution in [1.82, 2.24) is 4.98 Å².